The lowest BCUT2D eigenvalue weighted by Gasteiger charge is -2.01. The van der Waals surface area contributed by atoms with Crippen LogP contribution in [0, 0.1) is 10.1 Å². The summed E-state index contributed by atoms with van der Waals surface area (Å²) in [5, 5.41) is 19.4. The number of halogens is 2. The second-order valence-electron chi connectivity index (χ2n) is 2.43. The van der Waals surface area contributed by atoms with Gasteiger partial charge >= 0.3 is 0 Å². The standard InChI is InChI=1S/C8H5Br2NO3/c9-6-3-5(1-2-11(13)14)4-7(10)8(6)12/h1-4,12H. The number of phenolic OH excluding ortho intramolecular Hbond substituents is 1. The molecule has 0 radical (unpaired) electrons. The van der Waals surface area contributed by atoms with Crippen molar-refractivity contribution >= 4 is 37.9 Å². The van der Waals surface area contributed by atoms with Crippen molar-refractivity contribution in [1.29, 1.82) is 0 Å². The highest BCUT2D eigenvalue weighted by atomic mass is 79.9. The molecule has 0 bridgehead atoms. The summed E-state index contributed by atoms with van der Waals surface area (Å²) in [5.74, 6) is 0.0725. The van der Waals surface area contributed by atoms with E-state index in [1.54, 1.807) is 12.1 Å². The Balaban J connectivity index is 3.07. The van der Waals surface area contributed by atoms with Crippen molar-refractivity contribution in [1.82, 2.24) is 0 Å². The second kappa shape index (κ2) is 4.56. The Bertz CT molecular complexity index is 381. The molecule has 0 saturated heterocycles. The molecule has 0 saturated carbocycles. The molecule has 0 atom stereocenters. The highest BCUT2D eigenvalue weighted by Crippen LogP contribution is 2.33. The van der Waals surface area contributed by atoms with E-state index in [4.69, 9.17) is 0 Å². The molecule has 0 aliphatic carbocycles. The maximum absolute atomic E-state index is 10.1. The van der Waals surface area contributed by atoms with Gasteiger partial charge < -0.3 is 5.11 Å². The molecule has 0 unspecified atom stereocenters. The molecule has 4 nitrogen and oxygen atoms in total. The Morgan fingerprint density at radius 3 is 2.29 bits per heavy atom. The minimum atomic E-state index is -0.547. The molecule has 14 heavy (non-hydrogen) atoms. The first-order valence-corrected chi connectivity index (χ1v) is 5.09. The van der Waals surface area contributed by atoms with Gasteiger partial charge in [0.25, 0.3) is 0 Å². The zero-order valence-corrected chi connectivity index (χ0v) is 9.95. The van der Waals surface area contributed by atoms with E-state index in [2.05, 4.69) is 31.9 Å². The summed E-state index contributed by atoms with van der Waals surface area (Å²) in [5.41, 5.74) is 0.623. The first-order chi connectivity index (χ1) is 6.50. The van der Waals surface area contributed by atoms with E-state index in [1.807, 2.05) is 0 Å². The van der Waals surface area contributed by atoms with Gasteiger partial charge in [-0.1, -0.05) is 0 Å². The molecule has 0 aromatic heterocycles. The van der Waals surface area contributed by atoms with Crippen LogP contribution in [0.25, 0.3) is 6.08 Å². The molecule has 6 heteroatoms. The number of phenols is 1. The Kier molecular flexibility index (Phi) is 3.65. The average Bonchev–Trinajstić information content (AvgIpc) is 2.10. The van der Waals surface area contributed by atoms with Gasteiger partial charge in [-0.25, -0.2) is 0 Å². The number of hydrogen-bond donors (Lipinski definition) is 1. The monoisotopic (exact) mass is 321 g/mol. The van der Waals surface area contributed by atoms with Crippen LogP contribution in [0.2, 0.25) is 0 Å². The fourth-order valence-corrected chi connectivity index (χ4v) is 2.05. The fraction of sp³-hybridized carbons (Fsp3) is 0. The summed E-state index contributed by atoms with van der Waals surface area (Å²) in [4.78, 5) is 9.51. The molecule has 74 valence electrons. The Morgan fingerprint density at radius 1 is 1.36 bits per heavy atom. The predicted molar refractivity (Wildman–Crippen MR) is 59.5 cm³/mol. The lowest BCUT2D eigenvalue weighted by Crippen LogP contribution is -1.83. The van der Waals surface area contributed by atoms with Crippen LogP contribution in [0.3, 0.4) is 0 Å². The molecule has 0 fully saturated rings. The van der Waals surface area contributed by atoms with E-state index in [0.717, 1.165) is 6.20 Å². The minimum absolute atomic E-state index is 0.0725. The van der Waals surface area contributed by atoms with E-state index in [0.29, 0.717) is 14.5 Å². The number of nitrogens with zero attached hydrogens (tertiary/aromatic N) is 1. The number of hydrogen-bond acceptors (Lipinski definition) is 3. The van der Waals surface area contributed by atoms with Gasteiger partial charge in [0.15, 0.2) is 0 Å². The molecule has 1 rings (SSSR count). The summed E-state index contributed by atoms with van der Waals surface area (Å²) >= 11 is 6.24. The average molecular weight is 323 g/mol. The zero-order valence-electron chi connectivity index (χ0n) is 6.78. The van der Waals surface area contributed by atoms with Crippen LogP contribution in [-0.2, 0) is 0 Å². The van der Waals surface area contributed by atoms with Gasteiger partial charge in [0, 0.05) is 6.08 Å². The number of rotatable bonds is 2. The lowest BCUT2D eigenvalue weighted by molar-refractivity contribution is -0.400. The summed E-state index contributed by atoms with van der Waals surface area (Å²) in [7, 11) is 0. The minimum Gasteiger partial charge on any atom is -0.506 e. The fourth-order valence-electron chi connectivity index (χ4n) is 0.828. The normalized spacial score (nSPS) is 10.7. The van der Waals surface area contributed by atoms with Gasteiger partial charge in [0.2, 0.25) is 6.20 Å². The quantitative estimate of drug-likeness (QED) is 0.672. The topological polar surface area (TPSA) is 63.4 Å². The van der Waals surface area contributed by atoms with E-state index in [9.17, 15) is 15.2 Å². The Labute approximate surface area is 96.7 Å². The van der Waals surface area contributed by atoms with Crippen LogP contribution in [0.5, 0.6) is 5.75 Å². The van der Waals surface area contributed by atoms with Crippen LogP contribution in [-0.4, -0.2) is 10.0 Å². The van der Waals surface area contributed by atoms with Gasteiger partial charge in [0.05, 0.1) is 13.9 Å². The van der Waals surface area contributed by atoms with Crippen molar-refractivity contribution in [3.63, 3.8) is 0 Å². The van der Waals surface area contributed by atoms with E-state index >= 15 is 0 Å². The maximum Gasteiger partial charge on any atom is 0.235 e. The summed E-state index contributed by atoms with van der Waals surface area (Å²) < 4.78 is 0.963. The third-order valence-electron chi connectivity index (χ3n) is 1.43. The van der Waals surface area contributed by atoms with Crippen LogP contribution in [0.15, 0.2) is 27.3 Å². The van der Waals surface area contributed by atoms with E-state index < -0.39 is 4.92 Å². The predicted octanol–water partition coefficient (Wildman–Crippen LogP) is 3.16. The van der Waals surface area contributed by atoms with Gasteiger partial charge in [-0.3, -0.25) is 10.1 Å². The van der Waals surface area contributed by atoms with Crippen molar-refractivity contribution in [3.05, 3.63) is 43.0 Å². The van der Waals surface area contributed by atoms with Crippen LogP contribution >= 0.6 is 31.9 Å². The van der Waals surface area contributed by atoms with E-state index in [1.165, 1.54) is 6.08 Å². The Morgan fingerprint density at radius 2 is 1.86 bits per heavy atom. The first-order valence-electron chi connectivity index (χ1n) is 3.50. The molecule has 0 heterocycles. The first kappa shape index (κ1) is 11.2. The number of benzene rings is 1. The maximum atomic E-state index is 10.1. The van der Waals surface area contributed by atoms with Crippen LogP contribution in [0.1, 0.15) is 5.56 Å². The van der Waals surface area contributed by atoms with Gasteiger partial charge in [0.1, 0.15) is 5.75 Å². The molecular formula is C8H5Br2NO3. The molecule has 1 aromatic rings. The van der Waals surface area contributed by atoms with Crippen molar-refractivity contribution < 1.29 is 10.0 Å². The molecule has 1 N–H and O–H groups in total. The van der Waals surface area contributed by atoms with E-state index in [-0.39, 0.29) is 5.75 Å². The van der Waals surface area contributed by atoms with Gasteiger partial charge in [-0.2, -0.15) is 0 Å². The molecular weight excluding hydrogens is 318 g/mol. The largest absolute Gasteiger partial charge is 0.506 e. The third kappa shape index (κ3) is 2.81. The van der Waals surface area contributed by atoms with Crippen molar-refractivity contribution in [2.24, 2.45) is 0 Å². The SMILES string of the molecule is O=[N+]([O-])C=Cc1cc(Br)c(O)c(Br)c1. The molecule has 0 aliphatic heterocycles. The molecule has 0 aliphatic rings. The highest BCUT2D eigenvalue weighted by Gasteiger charge is 2.04. The van der Waals surface area contributed by atoms with Crippen molar-refractivity contribution in [2.45, 2.75) is 0 Å². The zero-order chi connectivity index (χ0) is 10.7. The summed E-state index contributed by atoms with van der Waals surface area (Å²) in [6, 6.07) is 3.17. The molecule has 1 aromatic carbocycles. The van der Waals surface area contributed by atoms with Gasteiger partial charge in [-0.05, 0) is 49.6 Å². The van der Waals surface area contributed by atoms with Gasteiger partial charge in [-0.15, -0.1) is 0 Å². The third-order valence-corrected chi connectivity index (χ3v) is 2.64. The van der Waals surface area contributed by atoms with Crippen LogP contribution in [0.4, 0.5) is 0 Å². The lowest BCUT2D eigenvalue weighted by atomic mass is 10.2. The van der Waals surface area contributed by atoms with Crippen molar-refractivity contribution in [3.8, 4) is 5.75 Å². The van der Waals surface area contributed by atoms with Crippen LogP contribution < -0.4 is 0 Å². The van der Waals surface area contributed by atoms with Crippen molar-refractivity contribution in [2.75, 3.05) is 0 Å². The Hall–Kier alpha value is -0.880. The molecule has 0 spiro atoms. The smallest absolute Gasteiger partial charge is 0.235 e. The molecule has 0 amide bonds. The summed E-state index contributed by atoms with van der Waals surface area (Å²) in [6.07, 6.45) is 2.18. The summed E-state index contributed by atoms with van der Waals surface area (Å²) in [6.45, 7) is 0. The highest BCUT2D eigenvalue weighted by molar-refractivity contribution is 9.11. The number of aromatic hydroxyl groups is 1. The second-order valence-corrected chi connectivity index (χ2v) is 4.14. The number of nitro groups is 1.